The van der Waals surface area contributed by atoms with Gasteiger partial charge in [0.05, 0.1) is 25.7 Å². The first-order chi connectivity index (χ1) is 10.6. The molecule has 4 nitrogen and oxygen atoms in total. The summed E-state index contributed by atoms with van der Waals surface area (Å²) in [5.41, 5.74) is 3.33. The number of quaternary nitrogens is 1. The van der Waals surface area contributed by atoms with Crippen LogP contribution in [0.3, 0.4) is 0 Å². The van der Waals surface area contributed by atoms with E-state index in [4.69, 9.17) is 5.26 Å². The number of nitriles is 1. The van der Waals surface area contributed by atoms with Gasteiger partial charge < -0.3 is 10.2 Å². The average molecular weight is 294 g/mol. The molecule has 0 aliphatic rings. The van der Waals surface area contributed by atoms with Crippen LogP contribution in [0.1, 0.15) is 27.0 Å². The summed E-state index contributed by atoms with van der Waals surface area (Å²) in [6.07, 6.45) is 0. The molecule has 0 saturated carbocycles. The van der Waals surface area contributed by atoms with Crippen LogP contribution < -0.4 is 10.2 Å². The zero-order valence-electron chi connectivity index (χ0n) is 12.9. The number of nitrogens with zero attached hydrogens (tertiary/aromatic N) is 1. The molecule has 112 valence electrons. The van der Waals surface area contributed by atoms with Crippen LogP contribution in [0.25, 0.3) is 0 Å². The Labute approximate surface area is 131 Å². The zero-order valence-corrected chi connectivity index (χ0v) is 12.9. The molecule has 0 atom stereocenters. The Kier molecular flexibility index (Phi) is 5.29. The summed E-state index contributed by atoms with van der Waals surface area (Å²) in [5, 5.41) is 11.7. The van der Waals surface area contributed by atoms with E-state index in [1.54, 1.807) is 24.3 Å². The standard InChI is InChI=1S/C18H19N3O/c1-21(2)13-15-8-6-14(7-9-15)12-20-18(22)17-5-3-4-16(10-17)11-19/h3-10H,12-13H2,1-2H3,(H,20,22)/p+1. The van der Waals surface area contributed by atoms with Crippen LogP contribution in [-0.2, 0) is 13.1 Å². The molecule has 0 radical (unpaired) electrons. The molecule has 1 amide bonds. The Morgan fingerprint density at radius 2 is 1.82 bits per heavy atom. The molecule has 2 aromatic rings. The van der Waals surface area contributed by atoms with Gasteiger partial charge in [-0.1, -0.05) is 30.3 Å². The number of amides is 1. The smallest absolute Gasteiger partial charge is 0.251 e. The second kappa shape index (κ2) is 7.39. The number of nitrogens with one attached hydrogen (secondary N) is 2. The number of carbonyl (C=O) groups is 1. The maximum absolute atomic E-state index is 12.1. The molecule has 0 aliphatic heterocycles. The lowest BCUT2D eigenvalue weighted by molar-refractivity contribution is -0.872. The Morgan fingerprint density at radius 3 is 2.45 bits per heavy atom. The molecule has 4 heteroatoms. The summed E-state index contributed by atoms with van der Waals surface area (Å²) >= 11 is 0. The van der Waals surface area contributed by atoms with Crippen LogP contribution >= 0.6 is 0 Å². The number of hydrogen-bond donors (Lipinski definition) is 2. The summed E-state index contributed by atoms with van der Waals surface area (Å²) in [6.45, 7) is 1.46. The van der Waals surface area contributed by atoms with E-state index in [1.807, 2.05) is 18.2 Å². The van der Waals surface area contributed by atoms with Crippen LogP contribution in [0.2, 0.25) is 0 Å². The van der Waals surface area contributed by atoms with Gasteiger partial charge in [-0.15, -0.1) is 0 Å². The second-order valence-corrected chi connectivity index (χ2v) is 5.58. The van der Waals surface area contributed by atoms with Crippen LogP contribution in [0.4, 0.5) is 0 Å². The number of benzene rings is 2. The first-order valence-corrected chi connectivity index (χ1v) is 7.23. The minimum atomic E-state index is -0.168. The van der Waals surface area contributed by atoms with E-state index in [0.717, 1.165) is 12.1 Å². The van der Waals surface area contributed by atoms with E-state index in [9.17, 15) is 4.79 Å². The summed E-state index contributed by atoms with van der Waals surface area (Å²) in [4.78, 5) is 13.4. The monoisotopic (exact) mass is 294 g/mol. The van der Waals surface area contributed by atoms with E-state index in [-0.39, 0.29) is 5.91 Å². The molecule has 2 N–H and O–H groups in total. The molecule has 0 heterocycles. The predicted octanol–water partition coefficient (Wildman–Crippen LogP) is 1.13. The Balaban J connectivity index is 1.94. The lowest BCUT2D eigenvalue weighted by atomic mass is 10.1. The number of carbonyl (C=O) groups excluding carboxylic acids is 1. The predicted molar refractivity (Wildman–Crippen MR) is 85.3 cm³/mol. The van der Waals surface area contributed by atoms with Crippen LogP contribution in [0.5, 0.6) is 0 Å². The molecule has 0 aliphatic carbocycles. The molecule has 22 heavy (non-hydrogen) atoms. The summed E-state index contributed by atoms with van der Waals surface area (Å²) < 4.78 is 0. The van der Waals surface area contributed by atoms with Crippen molar-refractivity contribution in [2.45, 2.75) is 13.1 Å². The van der Waals surface area contributed by atoms with Crippen LogP contribution in [-0.4, -0.2) is 20.0 Å². The molecule has 0 aromatic heterocycles. The van der Waals surface area contributed by atoms with Gasteiger partial charge in [0.15, 0.2) is 0 Å². The van der Waals surface area contributed by atoms with Crippen molar-refractivity contribution in [3.05, 3.63) is 70.8 Å². The molecule has 2 aromatic carbocycles. The Morgan fingerprint density at radius 1 is 1.14 bits per heavy atom. The van der Waals surface area contributed by atoms with Gasteiger partial charge in [0.2, 0.25) is 0 Å². The van der Waals surface area contributed by atoms with Crippen molar-refractivity contribution < 1.29 is 9.69 Å². The van der Waals surface area contributed by atoms with Crippen molar-refractivity contribution >= 4 is 5.91 Å². The van der Waals surface area contributed by atoms with Crippen molar-refractivity contribution in [2.24, 2.45) is 0 Å². The highest BCUT2D eigenvalue weighted by Crippen LogP contribution is 2.06. The topological polar surface area (TPSA) is 57.3 Å². The van der Waals surface area contributed by atoms with E-state index >= 15 is 0 Å². The van der Waals surface area contributed by atoms with E-state index in [1.165, 1.54) is 10.5 Å². The van der Waals surface area contributed by atoms with E-state index in [2.05, 4.69) is 31.5 Å². The van der Waals surface area contributed by atoms with Gasteiger partial charge in [0.25, 0.3) is 5.91 Å². The van der Waals surface area contributed by atoms with Crippen molar-refractivity contribution in [1.29, 1.82) is 5.26 Å². The lowest BCUT2D eigenvalue weighted by Crippen LogP contribution is -3.04. The van der Waals surface area contributed by atoms with Crippen molar-refractivity contribution in [2.75, 3.05) is 14.1 Å². The SMILES string of the molecule is C[NH+](C)Cc1ccc(CNC(=O)c2cccc(C#N)c2)cc1. The van der Waals surface area contributed by atoms with Gasteiger partial charge in [-0.05, 0) is 23.8 Å². The third-order valence-electron chi connectivity index (χ3n) is 3.29. The van der Waals surface area contributed by atoms with Crippen LogP contribution in [0.15, 0.2) is 48.5 Å². The van der Waals surface area contributed by atoms with Gasteiger partial charge in [-0.2, -0.15) is 5.26 Å². The second-order valence-electron chi connectivity index (χ2n) is 5.58. The first-order valence-electron chi connectivity index (χ1n) is 7.23. The van der Waals surface area contributed by atoms with Crippen molar-refractivity contribution in [3.63, 3.8) is 0 Å². The fourth-order valence-corrected chi connectivity index (χ4v) is 2.20. The fourth-order valence-electron chi connectivity index (χ4n) is 2.20. The third-order valence-corrected chi connectivity index (χ3v) is 3.29. The minimum absolute atomic E-state index is 0.168. The molecule has 2 rings (SSSR count). The maximum atomic E-state index is 12.1. The molecular formula is C18H20N3O+. The van der Waals surface area contributed by atoms with Gasteiger partial charge >= 0.3 is 0 Å². The molecule has 0 unspecified atom stereocenters. The number of hydrogen-bond acceptors (Lipinski definition) is 2. The van der Waals surface area contributed by atoms with Crippen LogP contribution in [0, 0.1) is 11.3 Å². The molecule has 0 fully saturated rings. The van der Waals surface area contributed by atoms with Gasteiger partial charge in [0.1, 0.15) is 6.54 Å². The quantitative estimate of drug-likeness (QED) is 0.868. The fraction of sp³-hybridized carbons (Fsp3) is 0.222. The third kappa shape index (κ3) is 4.44. The highest BCUT2D eigenvalue weighted by Gasteiger charge is 2.06. The molecule has 0 saturated heterocycles. The largest absolute Gasteiger partial charge is 0.348 e. The molecule has 0 spiro atoms. The van der Waals surface area contributed by atoms with Crippen molar-refractivity contribution in [3.8, 4) is 6.07 Å². The van der Waals surface area contributed by atoms with E-state index < -0.39 is 0 Å². The lowest BCUT2D eigenvalue weighted by Gasteiger charge is -2.09. The number of rotatable bonds is 5. The van der Waals surface area contributed by atoms with E-state index in [0.29, 0.717) is 17.7 Å². The zero-order chi connectivity index (χ0) is 15.9. The normalized spacial score (nSPS) is 10.3. The maximum Gasteiger partial charge on any atom is 0.251 e. The summed E-state index contributed by atoms with van der Waals surface area (Å²) in [5.74, 6) is -0.168. The highest BCUT2D eigenvalue weighted by atomic mass is 16.1. The minimum Gasteiger partial charge on any atom is -0.348 e. The Bertz CT molecular complexity index is 684. The average Bonchev–Trinajstić information content (AvgIpc) is 2.53. The van der Waals surface area contributed by atoms with Gasteiger partial charge in [-0.25, -0.2) is 0 Å². The Hall–Kier alpha value is -2.64. The highest BCUT2D eigenvalue weighted by molar-refractivity contribution is 5.94. The van der Waals surface area contributed by atoms with Gasteiger partial charge in [0, 0.05) is 17.7 Å². The summed E-state index contributed by atoms with van der Waals surface area (Å²) in [7, 11) is 4.23. The first kappa shape index (κ1) is 15.7. The molecule has 0 bridgehead atoms. The van der Waals surface area contributed by atoms with Crippen molar-refractivity contribution in [1.82, 2.24) is 5.32 Å². The summed E-state index contributed by atoms with van der Waals surface area (Å²) in [6, 6.07) is 17.0. The van der Waals surface area contributed by atoms with Gasteiger partial charge in [-0.3, -0.25) is 4.79 Å². The molecular weight excluding hydrogens is 274 g/mol.